The number of carbonyl (C=O) groups is 1. The predicted octanol–water partition coefficient (Wildman–Crippen LogP) is 3.64. The number of nitro benzene ring substituents is 1. The van der Waals surface area contributed by atoms with Crippen molar-refractivity contribution in [3.8, 4) is 11.5 Å². The Kier molecular flexibility index (Phi) is 7.51. The van der Waals surface area contributed by atoms with E-state index in [0.29, 0.717) is 6.61 Å². The van der Waals surface area contributed by atoms with Gasteiger partial charge in [-0.05, 0) is 43.3 Å². The average Bonchev–Trinajstić information content (AvgIpc) is 2.81. The van der Waals surface area contributed by atoms with E-state index in [1.165, 1.54) is 30.5 Å². The molecule has 3 aromatic rings. The van der Waals surface area contributed by atoms with Crippen molar-refractivity contribution >= 4 is 39.3 Å². The van der Waals surface area contributed by atoms with E-state index in [9.17, 15) is 33.5 Å². The van der Waals surface area contributed by atoms with Crippen molar-refractivity contribution in [2.75, 3.05) is 16.8 Å². The standard InChI is InChI=1S/C22H20N4O8S/c1-2-34-20-9-5-6-14(21(20)27)13-23-24-18-11-10-15(12-19(18)26(30)31)35(32,33)25-17-8-4-3-7-16(17)22(28)29/h3-13,24-25,27H,2H2,1H3,(H,28,29)/b23-13-. The van der Waals surface area contributed by atoms with Crippen LogP contribution in [0.2, 0.25) is 0 Å². The van der Waals surface area contributed by atoms with Gasteiger partial charge in [0.2, 0.25) is 0 Å². The van der Waals surface area contributed by atoms with Crippen LogP contribution in [-0.4, -0.2) is 42.3 Å². The van der Waals surface area contributed by atoms with E-state index >= 15 is 0 Å². The number of benzene rings is 3. The van der Waals surface area contributed by atoms with Gasteiger partial charge in [0, 0.05) is 11.6 Å². The topological polar surface area (TPSA) is 180 Å². The van der Waals surface area contributed by atoms with Crippen molar-refractivity contribution < 1.29 is 33.1 Å². The molecule has 12 nitrogen and oxygen atoms in total. The van der Waals surface area contributed by atoms with E-state index in [1.54, 1.807) is 25.1 Å². The number of carboxylic acids is 1. The Balaban J connectivity index is 1.87. The average molecular weight is 500 g/mol. The minimum Gasteiger partial charge on any atom is -0.504 e. The van der Waals surface area contributed by atoms with Crippen LogP contribution in [0.25, 0.3) is 0 Å². The van der Waals surface area contributed by atoms with Crippen molar-refractivity contribution in [1.82, 2.24) is 0 Å². The SMILES string of the molecule is CCOc1cccc(/C=N\Nc2ccc(S(=O)(=O)Nc3ccccc3C(=O)O)cc2[N+](=O)[O-])c1O. The van der Waals surface area contributed by atoms with Crippen LogP contribution in [0.4, 0.5) is 17.1 Å². The van der Waals surface area contributed by atoms with Crippen LogP contribution >= 0.6 is 0 Å². The summed E-state index contributed by atoms with van der Waals surface area (Å²) in [5.41, 5.74) is 1.56. The van der Waals surface area contributed by atoms with Gasteiger partial charge in [-0.25, -0.2) is 13.2 Å². The zero-order valence-corrected chi connectivity index (χ0v) is 19.0. The first kappa shape index (κ1) is 25.0. The van der Waals surface area contributed by atoms with Crippen LogP contribution in [0.5, 0.6) is 11.5 Å². The summed E-state index contributed by atoms with van der Waals surface area (Å²) >= 11 is 0. The first-order valence-electron chi connectivity index (χ1n) is 10.0. The Labute approximate surface area is 199 Å². The van der Waals surface area contributed by atoms with E-state index in [2.05, 4.69) is 15.2 Å². The molecule has 0 saturated carbocycles. The summed E-state index contributed by atoms with van der Waals surface area (Å²) in [6, 6.07) is 13.2. The molecule has 0 fully saturated rings. The van der Waals surface area contributed by atoms with E-state index in [0.717, 1.165) is 18.2 Å². The highest BCUT2D eigenvalue weighted by Crippen LogP contribution is 2.30. The molecule has 0 heterocycles. The number of para-hydroxylation sites is 2. The number of carboxylic acid groups (broad SMARTS) is 1. The Morgan fingerprint density at radius 2 is 1.89 bits per heavy atom. The van der Waals surface area contributed by atoms with E-state index < -0.39 is 31.5 Å². The first-order chi connectivity index (χ1) is 16.6. The van der Waals surface area contributed by atoms with Crippen molar-refractivity contribution in [1.29, 1.82) is 0 Å². The summed E-state index contributed by atoms with van der Waals surface area (Å²) < 4.78 is 33.0. The number of phenols is 1. The van der Waals surface area contributed by atoms with Crippen LogP contribution in [-0.2, 0) is 10.0 Å². The summed E-state index contributed by atoms with van der Waals surface area (Å²) in [5, 5.41) is 34.9. The number of hydrogen-bond acceptors (Lipinski definition) is 9. The molecule has 0 atom stereocenters. The Bertz CT molecular complexity index is 1410. The van der Waals surface area contributed by atoms with Crippen molar-refractivity contribution in [2.24, 2.45) is 5.10 Å². The molecule has 4 N–H and O–H groups in total. The van der Waals surface area contributed by atoms with Gasteiger partial charge in [-0.15, -0.1) is 0 Å². The number of nitro groups is 1. The highest BCUT2D eigenvalue weighted by Gasteiger charge is 2.23. The molecular weight excluding hydrogens is 480 g/mol. The number of anilines is 2. The van der Waals surface area contributed by atoms with Crippen molar-refractivity contribution in [3.63, 3.8) is 0 Å². The van der Waals surface area contributed by atoms with E-state index in [4.69, 9.17) is 4.74 Å². The van der Waals surface area contributed by atoms with Crippen molar-refractivity contribution in [3.05, 3.63) is 81.9 Å². The van der Waals surface area contributed by atoms with Gasteiger partial charge in [0.25, 0.3) is 15.7 Å². The minimum atomic E-state index is -4.35. The maximum absolute atomic E-state index is 12.8. The zero-order valence-electron chi connectivity index (χ0n) is 18.2. The lowest BCUT2D eigenvalue weighted by Crippen LogP contribution is -2.16. The predicted molar refractivity (Wildman–Crippen MR) is 128 cm³/mol. The molecule has 0 aromatic heterocycles. The third-order valence-corrected chi connectivity index (χ3v) is 5.96. The van der Waals surface area contributed by atoms with Gasteiger partial charge in [-0.1, -0.05) is 18.2 Å². The normalized spacial score (nSPS) is 11.2. The number of nitrogens with one attached hydrogen (secondary N) is 2. The van der Waals surface area contributed by atoms with Crippen LogP contribution in [0, 0.1) is 10.1 Å². The van der Waals surface area contributed by atoms with Gasteiger partial charge in [0.15, 0.2) is 11.5 Å². The fourth-order valence-corrected chi connectivity index (χ4v) is 4.07. The van der Waals surface area contributed by atoms with Gasteiger partial charge in [0.05, 0.1) is 33.9 Å². The van der Waals surface area contributed by atoms with E-state index in [1.807, 2.05) is 0 Å². The zero-order chi connectivity index (χ0) is 25.6. The summed E-state index contributed by atoms with van der Waals surface area (Å²) in [7, 11) is -4.35. The van der Waals surface area contributed by atoms with Crippen LogP contribution in [0.3, 0.4) is 0 Å². The summed E-state index contributed by atoms with van der Waals surface area (Å²) in [5.74, 6) is -1.26. The highest BCUT2D eigenvalue weighted by molar-refractivity contribution is 7.92. The molecular formula is C22H20N4O8S. The van der Waals surface area contributed by atoms with Crippen LogP contribution < -0.4 is 14.9 Å². The maximum Gasteiger partial charge on any atom is 0.337 e. The number of aromatic carboxylic acids is 1. The number of ether oxygens (including phenoxy) is 1. The molecule has 182 valence electrons. The van der Waals surface area contributed by atoms with Crippen molar-refractivity contribution in [2.45, 2.75) is 11.8 Å². The second-order valence-corrected chi connectivity index (χ2v) is 8.57. The number of rotatable bonds is 10. The second kappa shape index (κ2) is 10.5. The third kappa shape index (κ3) is 5.83. The fraction of sp³-hybridized carbons (Fsp3) is 0.0909. The lowest BCUT2D eigenvalue weighted by Gasteiger charge is -2.11. The minimum absolute atomic E-state index is 0.114. The number of nitrogens with zero attached hydrogens (tertiary/aromatic N) is 2. The van der Waals surface area contributed by atoms with Crippen LogP contribution in [0.15, 0.2) is 70.7 Å². The quantitative estimate of drug-likeness (QED) is 0.183. The molecule has 0 bridgehead atoms. The number of phenolic OH excluding ortho intramolecular Hbond substituents is 1. The highest BCUT2D eigenvalue weighted by atomic mass is 32.2. The first-order valence-corrected chi connectivity index (χ1v) is 11.5. The molecule has 3 aromatic carbocycles. The molecule has 3 rings (SSSR count). The number of hydrogen-bond donors (Lipinski definition) is 4. The monoisotopic (exact) mass is 500 g/mol. The lowest BCUT2D eigenvalue weighted by atomic mass is 10.2. The maximum atomic E-state index is 12.8. The smallest absolute Gasteiger partial charge is 0.337 e. The van der Waals surface area contributed by atoms with Crippen LogP contribution in [0.1, 0.15) is 22.8 Å². The molecule has 0 aliphatic heterocycles. The number of aromatic hydroxyl groups is 1. The van der Waals surface area contributed by atoms with Gasteiger partial charge in [0.1, 0.15) is 5.69 Å². The molecule has 0 radical (unpaired) electrons. The second-order valence-electron chi connectivity index (χ2n) is 6.89. The van der Waals surface area contributed by atoms with Gasteiger partial charge >= 0.3 is 5.97 Å². The Morgan fingerprint density at radius 3 is 2.57 bits per heavy atom. The number of sulfonamides is 1. The molecule has 0 saturated heterocycles. The summed E-state index contributed by atoms with van der Waals surface area (Å²) in [6.45, 7) is 2.09. The molecule has 0 aliphatic rings. The third-order valence-electron chi connectivity index (χ3n) is 4.60. The molecule has 13 heteroatoms. The number of hydrazone groups is 1. The fourth-order valence-electron chi connectivity index (χ4n) is 2.97. The Morgan fingerprint density at radius 1 is 1.14 bits per heavy atom. The van der Waals surface area contributed by atoms with Gasteiger partial charge < -0.3 is 14.9 Å². The molecule has 0 spiro atoms. The van der Waals surface area contributed by atoms with Gasteiger partial charge in [-0.3, -0.25) is 20.3 Å². The largest absolute Gasteiger partial charge is 0.504 e. The molecule has 0 unspecified atom stereocenters. The van der Waals surface area contributed by atoms with Gasteiger partial charge in [-0.2, -0.15) is 5.10 Å². The Hall–Kier alpha value is -4.65. The molecule has 35 heavy (non-hydrogen) atoms. The van der Waals surface area contributed by atoms with E-state index in [-0.39, 0.29) is 34.0 Å². The molecule has 0 amide bonds. The molecule has 0 aliphatic carbocycles. The summed E-state index contributed by atoms with van der Waals surface area (Å²) in [4.78, 5) is 21.7. The lowest BCUT2D eigenvalue weighted by molar-refractivity contribution is -0.384. The summed E-state index contributed by atoms with van der Waals surface area (Å²) in [6.07, 6.45) is 1.22.